The van der Waals surface area contributed by atoms with Crippen LogP contribution in [0, 0.1) is 20.8 Å². The average Bonchev–Trinajstić information content (AvgIpc) is 3.50. The van der Waals surface area contributed by atoms with E-state index in [1.165, 1.54) is 11.7 Å². The molecule has 0 aliphatic rings. The van der Waals surface area contributed by atoms with Crippen molar-refractivity contribution < 1.29 is 19.1 Å². The summed E-state index contributed by atoms with van der Waals surface area (Å²) in [7, 11) is 1.30. The number of carbonyl (C=O) groups excluding carboxylic acids is 2. The zero-order chi connectivity index (χ0) is 35.5. The molecule has 0 aliphatic heterocycles. The lowest BCUT2D eigenvalue weighted by molar-refractivity contribution is 0.0600. The Morgan fingerprint density at radius 3 is 2.29 bits per heavy atom. The monoisotopic (exact) mass is 681 g/mol. The standard InChI is InChI=1S/C38H40ClN5O5/c1-23-12-16-29(17-13-23)44-33(20-32(42-44)38(4,5)6)41-37(47)40-21-27-10-8-9-11-28(27)22-49-31-18-25(3)43(35(45)34(31)39)30-19-26(36(46)48-7)15-14-24(30)2/h8-20H,21-22H2,1-7H3,(H2,40,41,47). The van der Waals surface area contributed by atoms with Crippen LogP contribution in [0.3, 0.4) is 0 Å². The number of ether oxygens (including phenoxy) is 2. The van der Waals surface area contributed by atoms with Gasteiger partial charge in [0.15, 0.2) is 0 Å². The summed E-state index contributed by atoms with van der Waals surface area (Å²) >= 11 is 6.56. The second-order valence-corrected chi connectivity index (χ2v) is 13.3. The van der Waals surface area contributed by atoms with Crippen LogP contribution in [0.15, 0.2) is 83.7 Å². The quantitative estimate of drug-likeness (QED) is 0.155. The highest BCUT2D eigenvalue weighted by molar-refractivity contribution is 6.31. The molecule has 5 rings (SSSR count). The first-order valence-corrected chi connectivity index (χ1v) is 16.2. The van der Waals surface area contributed by atoms with Crippen molar-refractivity contribution in [1.82, 2.24) is 19.7 Å². The van der Waals surface area contributed by atoms with Crippen molar-refractivity contribution in [3.05, 3.63) is 133 Å². The fourth-order valence-corrected chi connectivity index (χ4v) is 5.46. The van der Waals surface area contributed by atoms with Crippen molar-refractivity contribution in [3.8, 4) is 17.1 Å². The Labute approximate surface area is 290 Å². The van der Waals surface area contributed by atoms with Gasteiger partial charge in [0.25, 0.3) is 5.56 Å². The number of methoxy groups -OCH3 is 1. The number of esters is 1. The van der Waals surface area contributed by atoms with Gasteiger partial charge >= 0.3 is 12.0 Å². The molecule has 2 aromatic heterocycles. The minimum absolute atomic E-state index is 0.0942. The Kier molecular flexibility index (Phi) is 10.3. The van der Waals surface area contributed by atoms with E-state index < -0.39 is 17.6 Å². The highest BCUT2D eigenvalue weighted by atomic mass is 35.5. The molecule has 0 fully saturated rings. The minimum atomic E-state index is -0.507. The van der Waals surface area contributed by atoms with E-state index in [1.54, 1.807) is 35.9 Å². The molecule has 10 nitrogen and oxygen atoms in total. The third kappa shape index (κ3) is 7.87. The number of benzene rings is 3. The fourth-order valence-electron chi connectivity index (χ4n) is 5.26. The van der Waals surface area contributed by atoms with Gasteiger partial charge in [-0.15, -0.1) is 0 Å². The molecule has 0 saturated carbocycles. The molecule has 2 heterocycles. The van der Waals surface area contributed by atoms with Crippen LogP contribution in [0.4, 0.5) is 10.6 Å². The number of hydrogen-bond acceptors (Lipinski definition) is 6. The van der Waals surface area contributed by atoms with Gasteiger partial charge in [0, 0.05) is 29.8 Å². The van der Waals surface area contributed by atoms with Crippen LogP contribution in [0.25, 0.3) is 11.4 Å². The van der Waals surface area contributed by atoms with E-state index in [0.717, 1.165) is 33.6 Å². The number of nitrogens with one attached hydrogen (secondary N) is 2. The predicted molar refractivity (Wildman–Crippen MR) is 191 cm³/mol. The molecule has 254 valence electrons. The first-order chi connectivity index (χ1) is 23.3. The van der Waals surface area contributed by atoms with E-state index in [9.17, 15) is 14.4 Å². The van der Waals surface area contributed by atoms with Crippen LogP contribution in [0.1, 0.15) is 64.8 Å². The number of aromatic nitrogens is 3. The van der Waals surface area contributed by atoms with E-state index in [1.807, 2.05) is 68.4 Å². The van der Waals surface area contributed by atoms with Crippen molar-refractivity contribution >= 4 is 29.4 Å². The molecular formula is C38H40ClN5O5. The summed E-state index contributed by atoms with van der Waals surface area (Å²) in [4.78, 5) is 38.8. The number of rotatable bonds is 9. The number of urea groups is 1. The van der Waals surface area contributed by atoms with Crippen molar-refractivity contribution in [2.24, 2.45) is 0 Å². The molecule has 0 atom stereocenters. The van der Waals surface area contributed by atoms with Crippen LogP contribution in [-0.4, -0.2) is 33.5 Å². The number of amides is 2. The summed E-state index contributed by atoms with van der Waals surface area (Å²) in [6.45, 7) is 12.2. The predicted octanol–water partition coefficient (Wildman–Crippen LogP) is 7.59. The van der Waals surface area contributed by atoms with Gasteiger partial charge in [-0.25, -0.2) is 14.3 Å². The maximum Gasteiger partial charge on any atom is 0.337 e. The van der Waals surface area contributed by atoms with Crippen molar-refractivity contribution in [2.75, 3.05) is 12.4 Å². The molecule has 0 aliphatic carbocycles. The molecule has 0 bridgehead atoms. The zero-order valence-electron chi connectivity index (χ0n) is 28.7. The molecule has 3 aromatic carbocycles. The third-order valence-electron chi connectivity index (χ3n) is 8.11. The molecule has 5 aromatic rings. The number of pyridine rings is 1. The molecule has 0 saturated heterocycles. The number of nitrogens with zero attached hydrogens (tertiary/aromatic N) is 3. The van der Waals surface area contributed by atoms with Gasteiger partial charge in [0.1, 0.15) is 23.2 Å². The number of anilines is 1. The van der Waals surface area contributed by atoms with Crippen molar-refractivity contribution in [1.29, 1.82) is 0 Å². The van der Waals surface area contributed by atoms with Gasteiger partial charge < -0.3 is 14.8 Å². The second kappa shape index (κ2) is 14.4. The number of halogens is 1. The van der Waals surface area contributed by atoms with Gasteiger partial charge in [-0.3, -0.25) is 14.7 Å². The van der Waals surface area contributed by atoms with E-state index in [2.05, 4.69) is 31.4 Å². The average molecular weight is 682 g/mol. The van der Waals surface area contributed by atoms with Crippen molar-refractivity contribution in [2.45, 2.75) is 60.1 Å². The van der Waals surface area contributed by atoms with Crippen LogP contribution >= 0.6 is 11.6 Å². The van der Waals surface area contributed by atoms with E-state index >= 15 is 0 Å². The summed E-state index contributed by atoms with van der Waals surface area (Å²) in [6.07, 6.45) is 0. The Hall–Kier alpha value is -5.35. The van der Waals surface area contributed by atoms with Gasteiger partial charge in [0.05, 0.1) is 29.7 Å². The first kappa shape index (κ1) is 35.0. The molecular weight excluding hydrogens is 642 g/mol. The van der Waals surface area contributed by atoms with Crippen LogP contribution in [-0.2, 0) is 23.3 Å². The highest BCUT2D eigenvalue weighted by Crippen LogP contribution is 2.28. The molecule has 2 amide bonds. The van der Waals surface area contributed by atoms with Crippen molar-refractivity contribution in [3.63, 3.8) is 0 Å². The zero-order valence-corrected chi connectivity index (χ0v) is 29.4. The lowest BCUT2D eigenvalue weighted by Crippen LogP contribution is -2.29. The first-order valence-electron chi connectivity index (χ1n) is 15.8. The lowest BCUT2D eigenvalue weighted by atomic mass is 9.92. The number of carbonyl (C=O) groups is 2. The molecule has 49 heavy (non-hydrogen) atoms. The SMILES string of the molecule is COC(=O)c1ccc(C)c(-n2c(C)cc(OCc3ccccc3CNC(=O)Nc3cc(C(C)(C)C)nn3-c3ccc(C)cc3)c(Cl)c2=O)c1. The molecule has 0 unspecified atom stereocenters. The van der Waals surface area contributed by atoms with Crippen LogP contribution in [0.2, 0.25) is 5.02 Å². The Morgan fingerprint density at radius 2 is 1.61 bits per heavy atom. The number of aryl methyl sites for hydroxylation is 3. The Bertz CT molecular complexity index is 2080. The van der Waals surface area contributed by atoms with E-state index in [4.69, 9.17) is 26.2 Å². The van der Waals surface area contributed by atoms with Gasteiger partial charge in [-0.1, -0.05) is 80.4 Å². The van der Waals surface area contributed by atoms with Crippen LogP contribution < -0.4 is 20.9 Å². The van der Waals surface area contributed by atoms with Crippen LogP contribution in [0.5, 0.6) is 5.75 Å². The summed E-state index contributed by atoms with van der Waals surface area (Å²) in [5.74, 6) is 0.267. The molecule has 2 N–H and O–H groups in total. The Balaban J connectivity index is 1.31. The van der Waals surface area contributed by atoms with Gasteiger partial charge in [-0.2, -0.15) is 5.10 Å². The molecule has 0 radical (unpaired) electrons. The fraction of sp³-hybridized carbons (Fsp3) is 0.263. The maximum atomic E-state index is 13.5. The summed E-state index contributed by atoms with van der Waals surface area (Å²) in [5, 5.41) is 10.6. The van der Waals surface area contributed by atoms with Gasteiger partial charge in [0.2, 0.25) is 0 Å². The topological polar surface area (TPSA) is 116 Å². The third-order valence-corrected chi connectivity index (χ3v) is 8.46. The van der Waals surface area contributed by atoms with E-state index in [0.29, 0.717) is 22.8 Å². The van der Waals surface area contributed by atoms with E-state index in [-0.39, 0.29) is 29.3 Å². The molecule has 0 spiro atoms. The summed E-state index contributed by atoms with van der Waals surface area (Å²) in [6, 6.07) is 23.7. The van der Waals surface area contributed by atoms with Gasteiger partial charge in [-0.05, 0) is 61.7 Å². The normalized spacial score (nSPS) is 11.3. The summed E-state index contributed by atoms with van der Waals surface area (Å²) in [5.41, 5.74) is 5.93. The summed E-state index contributed by atoms with van der Waals surface area (Å²) < 4.78 is 14.1. The lowest BCUT2D eigenvalue weighted by Gasteiger charge is -2.17. The minimum Gasteiger partial charge on any atom is -0.487 e. The number of hydrogen-bond donors (Lipinski definition) is 2. The maximum absolute atomic E-state index is 13.5. The Morgan fingerprint density at radius 1 is 0.918 bits per heavy atom. The molecule has 11 heteroatoms. The second-order valence-electron chi connectivity index (χ2n) is 12.9. The smallest absolute Gasteiger partial charge is 0.337 e. The largest absolute Gasteiger partial charge is 0.487 e. The highest BCUT2D eigenvalue weighted by Gasteiger charge is 2.22.